The van der Waals surface area contributed by atoms with Gasteiger partial charge in [0.15, 0.2) is 0 Å². The van der Waals surface area contributed by atoms with E-state index >= 15 is 0 Å². The molecule has 0 fully saturated rings. The number of aryl methyl sites for hydroxylation is 3. The number of rotatable bonds is 6. The van der Waals surface area contributed by atoms with Crippen LogP contribution >= 0.6 is 22.7 Å². The van der Waals surface area contributed by atoms with Gasteiger partial charge in [0.25, 0.3) is 0 Å². The molecule has 2 aromatic heterocycles. The van der Waals surface area contributed by atoms with E-state index in [9.17, 15) is 13.5 Å². The van der Waals surface area contributed by atoms with Gasteiger partial charge in [-0.1, -0.05) is 12.1 Å². The highest BCUT2D eigenvalue weighted by Crippen LogP contribution is 2.34. The Labute approximate surface area is 162 Å². The van der Waals surface area contributed by atoms with Crippen LogP contribution in [-0.2, 0) is 15.6 Å². The number of hydrogen-bond donors (Lipinski definition) is 2. The van der Waals surface area contributed by atoms with E-state index in [1.54, 1.807) is 13.0 Å². The molecule has 1 atom stereocenters. The average molecular weight is 408 g/mol. The second kappa shape index (κ2) is 7.25. The van der Waals surface area contributed by atoms with Crippen molar-refractivity contribution in [1.82, 2.24) is 4.72 Å². The van der Waals surface area contributed by atoms with Crippen LogP contribution in [0.25, 0.3) is 0 Å². The SMILES string of the molecule is Cc1cc(C)c(S(=O)(=O)NCC(O)(c2ccsc2)c2cccs2)cc1C. The summed E-state index contributed by atoms with van der Waals surface area (Å²) in [5.74, 6) is 0. The van der Waals surface area contributed by atoms with Crippen molar-refractivity contribution in [3.8, 4) is 0 Å². The van der Waals surface area contributed by atoms with Crippen LogP contribution in [0.1, 0.15) is 27.1 Å². The number of hydrogen-bond acceptors (Lipinski definition) is 5. The molecular formula is C19H21NO3S3. The Morgan fingerprint density at radius 1 is 1.08 bits per heavy atom. The topological polar surface area (TPSA) is 66.4 Å². The minimum Gasteiger partial charge on any atom is -0.378 e. The molecule has 0 amide bonds. The van der Waals surface area contributed by atoms with Gasteiger partial charge in [-0.15, -0.1) is 11.3 Å². The lowest BCUT2D eigenvalue weighted by molar-refractivity contribution is 0.0903. The van der Waals surface area contributed by atoms with E-state index in [-0.39, 0.29) is 11.4 Å². The fraction of sp³-hybridized carbons (Fsp3) is 0.263. The minimum absolute atomic E-state index is 0.126. The van der Waals surface area contributed by atoms with Crippen LogP contribution < -0.4 is 4.72 Å². The third-order valence-corrected chi connectivity index (χ3v) is 7.77. The molecule has 7 heteroatoms. The van der Waals surface area contributed by atoms with Gasteiger partial charge in [-0.2, -0.15) is 11.3 Å². The molecule has 0 aliphatic rings. The molecule has 0 bridgehead atoms. The van der Waals surface area contributed by atoms with Crippen molar-refractivity contribution in [2.24, 2.45) is 0 Å². The highest BCUT2D eigenvalue weighted by Gasteiger charge is 2.35. The van der Waals surface area contributed by atoms with Gasteiger partial charge in [0.2, 0.25) is 10.0 Å². The minimum atomic E-state index is -3.75. The first-order chi connectivity index (χ1) is 12.2. The number of thiophene rings is 2. The zero-order valence-corrected chi connectivity index (χ0v) is 17.3. The van der Waals surface area contributed by atoms with Gasteiger partial charge < -0.3 is 5.11 Å². The van der Waals surface area contributed by atoms with E-state index in [0.717, 1.165) is 11.1 Å². The van der Waals surface area contributed by atoms with Crippen LogP contribution in [-0.4, -0.2) is 20.1 Å². The Morgan fingerprint density at radius 2 is 1.81 bits per heavy atom. The van der Waals surface area contributed by atoms with Crippen molar-refractivity contribution in [3.05, 3.63) is 73.6 Å². The van der Waals surface area contributed by atoms with Crippen molar-refractivity contribution in [2.45, 2.75) is 31.3 Å². The predicted molar refractivity (Wildman–Crippen MR) is 107 cm³/mol. The second-order valence-corrected chi connectivity index (χ2v) is 9.84. The Balaban J connectivity index is 1.94. The summed E-state index contributed by atoms with van der Waals surface area (Å²) >= 11 is 2.87. The monoisotopic (exact) mass is 407 g/mol. The Kier molecular flexibility index (Phi) is 5.37. The molecule has 4 nitrogen and oxygen atoms in total. The third kappa shape index (κ3) is 3.63. The van der Waals surface area contributed by atoms with E-state index in [1.807, 2.05) is 54.3 Å². The summed E-state index contributed by atoms with van der Waals surface area (Å²) in [5, 5.41) is 16.9. The van der Waals surface area contributed by atoms with E-state index in [2.05, 4.69) is 4.72 Å². The van der Waals surface area contributed by atoms with E-state index in [0.29, 0.717) is 16.0 Å². The van der Waals surface area contributed by atoms with E-state index < -0.39 is 15.6 Å². The van der Waals surface area contributed by atoms with Gasteiger partial charge >= 0.3 is 0 Å². The molecule has 1 unspecified atom stereocenters. The highest BCUT2D eigenvalue weighted by molar-refractivity contribution is 7.89. The largest absolute Gasteiger partial charge is 0.378 e. The lowest BCUT2D eigenvalue weighted by Gasteiger charge is -2.27. The van der Waals surface area contributed by atoms with Crippen molar-refractivity contribution in [2.75, 3.05) is 6.54 Å². The van der Waals surface area contributed by atoms with Crippen LogP contribution in [0.15, 0.2) is 51.4 Å². The molecule has 0 saturated carbocycles. The lowest BCUT2D eigenvalue weighted by atomic mass is 9.95. The average Bonchev–Trinajstić information content (AvgIpc) is 3.29. The third-order valence-electron chi connectivity index (χ3n) is 4.53. The molecule has 0 radical (unpaired) electrons. The molecule has 0 saturated heterocycles. The first-order valence-electron chi connectivity index (χ1n) is 8.10. The number of nitrogens with one attached hydrogen (secondary N) is 1. The summed E-state index contributed by atoms with van der Waals surface area (Å²) in [5.41, 5.74) is 1.95. The summed E-state index contributed by atoms with van der Waals surface area (Å²) in [6, 6.07) is 9.03. The van der Waals surface area contributed by atoms with Gasteiger partial charge in [-0.05, 0) is 71.8 Å². The highest BCUT2D eigenvalue weighted by atomic mass is 32.2. The fourth-order valence-corrected chi connectivity index (χ4v) is 5.78. The Bertz CT molecular complexity index is 957. The van der Waals surface area contributed by atoms with Crippen molar-refractivity contribution in [1.29, 1.82) is 0 Å². The van der Waals surface area contributed by atoms with Crippen LogP contribution in [0.2, 0.25) is 0 Å². The zero-order chi connectivity index (χ0) is 18.9. The van der Waals surface area contributed by atoms with E-state index in [1.165, 1.54) is 22.7 Å². The smallest absolute Gasteiger partial charge is 0.240 e. The first kappa shape index (κ1) is 19.3. The molecule has 138 valence electrons. The standard InChI is InChI=1S/C19H21NO3S3/c1-13-9-15(3)17(10-14(13)2)26(22,23)20-12-19(21,16-6-8-24-11-16)18-5-4-7-25-18/h4-11,20-21H,12H2,1-3H3. The van der Waals surface area contributed by atoms with Gasteiger partial charge in [0.05, 0.1) is 4.90 Å². The van der Waals surface area contributed by atoms with Gasteiger partial charge in [0.1, 0.15) is 5.60 Å². The van der Waals surface area contributed by atoms with Crippen LogP contribution in [0, 0.1) is 20.8 Å². The summed E-state index contributed by atoms with van der Waals surface area (Å²) in [7, 11) is -3.75. The maximum atomic E-state index is 12.9. The van der Waals surface area contributed by atoms with Gasteiger partial charge in [-0.3, -0.25) is 0 Å². The fourth-order valence-electron chi connectivity index (χ4n) is 2.85. The lowest BCUT2D eigenvalue weighted by Crippen LogP contribution is -2.41. The second-order valence-electron chi connectivity index (χ2n) is 6.38. The maximum absolute atomic E-state index is 12.9. The predicted octanol–water partition coefficient (Wildman–Crippen LogP) is 3.95. The van der Waals surface area contributed by atoms with E-state index in [4.69, 9.17) is 0 Å². The van der Waals surface area contributed by atoms with Crippen LogP contribution in [0.3, 0.4) is 0 Å². The normalized spacial score (nSPS) is 14.3. The molecule has 3 aromatic rings. The first-order valence-corrected chi connectivity index (χ1v) is 11.4. The zero-order valence-electron chi connectivity index (χ0n) is 14.8. The quantitative estimate of drug-likeness (QED) is 0.650. The van der Waals surface area contributed by atoms with Crippen molar-refractivity contribution in [3.63, 3.8) is 0 Å². The maximum Gasteiger partial charge on any atom is 0.240 e. The van der Waals surface area contributed by atoms with Crippen LogP contribution in [0.4, 0.5) is 0 Å². The molecular weight excluding hydrogens is 386 g/mol. The van der Waals surface area contributed by atoms with Gasteiger partial charge in [-0.25, -0.2) is 13.1 Å². The number of sulfonamides is 1. The molecule has 2 N–H and O–H groups in total. The molecule has 3 rings (SSSR count). The van der Waals surface area contributed by atoms with Crippen molar-refractivity contribution >= 4 is 32.7 Å². The summed E-state index contributed by atoms with van der Waals surface area (Å²) < 4.78 is 28.4. The number of aliphatic hydroxyl groups is 1. The Morgan fingerprint density at radius 3 is 2.42 bits per heavy atom. The summed E-state index contributed by atoms with van der Waals surface area (Å²) in [6.45, 7) is 5.50. The molecule has 0 spiro atoms. The molecule has 26 heavy (non-hydrogen) atoms. The molecule has 0 aliphatic carbocycles. The molecule has 1 aromatic carbocycles. The van der Waals surface area contributed by atoms with Gasteiger partial charge in [0, 0.05) is 17.0 Å². The molecule has 0 aliphatic heterocycles. The van der Waals surface area contributed by atoms with Crippen LogP contribution in [0.5, 0.6) is 0 Å². The number of benzene rings is 1. The summed E-state index contributed by atoms with van der Waals surface area (Å²) in [6.07, 6.45) is 0. The van der Waals surface area contributed by atoms with Crippen molar-refractivity contribution < 1.29 is 13.5 Å². The Hall–Kier alpha value is -1.51. The molecule has 2 heterocycles. The summed E-state index contributed by atoms with van der Waals surface area (Å²) in [4.78, 5) is 0.954.